The fourth-order valence-corrected chi connectivity index (χ4v) is 4.94. The summed E-state index contributed by atoms with van der Waals surface area (Å²) in [6, 6.07) is 3.51. The third kappa shape index (κ3) is 2.62. The molecule has 1 N–H and O–H groups in total. The van der Waals surface area contributed by atoms with Crippen LogP contribution in [-0.4, -0.2) is 33.9 Å². The first-order chi connectivity index (χ1) is 10.0. The van der Waals surface area contributed by atoms with Gasteiger partial charge in [-0.15, -0.1) is 0 Å². The molecule has 2 unspecified atom stereocenters. The van der Waals surface area contributed by atoms with Crippen LogP contribution < -0.4 is 14.8 Å². The van der Waals surface area contributed by atoms with Crippen LogP contribution in [0.15, 0.2) is 17.0 Å². The molecule has 2 aliphatic rings. The number of benzene rings is 1. The second-order valence-corrected chi connectivity index (χ2v) is 7.73. The molecule has 1 aromatic carbocycles. The average molecular weight is 311 g/mol. The lowest BCUT2D eigenvalue weighted by Gasteiger charge is -2.33. The SMILES string of the molecule is CCCNC1c2cc3c(cc2S(=O)(=O)CC1C)OCCO3. The number of fused-ring (bicyclic) bond motifs is 2. The zero-order valence-electron chi connectivity index (χ0n) is 12.4. The molecule has 0 amide bonds. The zero-order valence-corrected chi connectivity index (χ0v) is 13.2. The van der Waals surface area contributed by atoms with E-state index in [9.17, 15) is 8.42 Å². The van der Waals surface area contributed by atoms with Gasteiger partial charge in [0.25, 0.3) is 0 Å². The summed E-state index contributed by atoms with van der Waals surface area (Å²) >= 11 is 0. The van der Waals surface area contributed by atoms with Gasteiger partial charge < -0.3 is 14.8 Å². The second-order valence-electron chi connectivity index (χ2n) is 5.72. The van der Waals surface area contributed by atoms with E-state index in [1.54, 1.807) is 6.07 Å². The number of ether oxygens (including phenoxy) is 2. The van der Waals surface area contributed by atoms with Gasteiger partial charge in [-0.2, -0.15) is 0 Å². The van der Waals surface area contributed by atoms with Crippen LogP contribution >= 0.6 is 0 Å². The molecule has 6 heteroatoms. The molecule has 2 aliphatic heterocycles. The maximum absolute atomic E-state index is 12.5. The van der Waals surface area contributed by atoms with Crippen molar-refractivity contribution in [2.24, 2.45) is 5.92 Å². The monoisotopic (exact) mass is 311 g/mol. The summed E-state index contributed by atoms with van der Waals surface area (Å²) in [7, 11) is -3.26. The fourth-order valence-electron chi connectivity index (χ4n) is 3.05. The van der Waals surface area contributed by atoms with E-state index in [1.165, 1.54) is 0 Å². The highest BCUT2D eigenvalue weighted by atomic mass is 32.2. The Balaban J connectivity index is 2.10. The maximum atomic E-state index is 12.5. The van der Waals surface area contributed by atoms with Crippen molar-refractivity contribution in [3.05, 3.63) is 17.7 Å². The third-order valence-corrected chi connectivity index (χ3v) is 6.00. The quantitative estimate of drug-likeness (QED) is 0.924. The van der Waals surface area contributed by atoms with E-state index in [0.29, 0.717) is 29.6 Å². The normalized spacial score (nSPS) is 26.2. The molecule has 3 rings (SSSR count). The number of sulfone groups is 1. The van der Waals surface area contributed by atoms with Gasteiger partial charge >= 0.3 is 0 Å². The molecule has 0 aromatic heterocycles. The van der Waals surface area contributed by atoms with Crippen molar-refractivity contribution in [3.8, 4) is 11.5 Å². The van der Waals surface area contributed by atoms with Gasteiger partial charge in [-0.3, -0.25) is 0 Å². The van der Waals surface area contributed by atoms with Gasteiger partial charge in [0, 0.05) is 12.1 Å². The lowest BCUT2D eigenvalue weighted by Crippen LogP contribution is -2.36. The van der Waals surface area contributed by atoms with Gasteiger partial charge in [-0.05, 0) is 30.5 Å². The molecule has 0 spiro atoms. The summed E-state index contributed by atoms with van der Waals surface area (Å²) in [5.41, 5.74) is 0.812. The van der Waals surface area contributed by atoms with Crippen LogP contribution in [0, 0.1) is 5.92 Å². The highest BCUT2D eigenvalue weighted by Crippen LogP contribution is 2.42. The van der Waals surface area contributed by atoms with Crippen molar-refractivity contribution in [2.75, 3.05) is 25.5 Å². The first-order valence-electron chi connectivity index (χ1n) is 7.42. The predicted molar refractivity (Wildman–Crippen MR) is 79.7 cm³/mol. The summed E-state index contributed by atoms with van der Waals surface area (Å²) in [5.74, 6) is 1.39. The van der Waals surface area contributed by atoms with Crippen molar-refractivity contribution < 1.29 is 17.9 Å². The smallest absolute Gasteiger partial charge is 0.179 e. The minimum atomic E-state index is -3.26. The first kappa shape index (κ1) is 14.7. The lowest BCUT2D eigenvalue weighted by molar-refractivity contribution is 0.170. The van der Waals surface area contributed by atoms with Crippen LogP contribution in [0.3, 0.4) is 0 Å². The van der Waals surface area contributed by atoms with Crippen LogP contribution in [-0.2, 0) is 9.84 Å². The van der Waals surface area contributed by atoms with Gasteiger partial charge in [0.1, 0.15) is 13.2 Å². The molecule has 2 heterocycles. The lowest BCUT2D eigenvalue weighted by atomic mass is 9.94. The Labute approximate surface area is 125 Å². The molecule has 5 nitrogen and oxygen atoms in total. The van der Waals surface area contributed by atoms with Crippen LogP contribution in [0.25, 0.3) is 0 Å². The molecule has 0 aliphatic carbocycles. The Kier molecular flexibility index (Phi) is 3.84. The molecule has 0 saturated carbocycles. The molecule has 0 fully saturated rings. The van der Waals surface area contributed by atoms with Gasteiger partial charge in [0.15, 0.2) is 21.3 Å². The Bertz CT molecular complexity index is 641. The van der Waals surface area contributed by atoms with Crippen molar-refractivity contribution in [1.82, 2.24) is 5.32 Å². The second kappa shape index (κ2) is 5.50. The predicted octanol–water partition coefficient (Wildman–Crippen LogP) is 1.92. The molecule has 0 bridgehead atoms. The van der Waals surface area contributed by atoms with E-state index >= 15 is 0 Å². The van der Waals surface area contributed by atoms with E-state index < -0.39 is 9.84 Å². The largest absolute Gasteiger partial charge is 0.486 e. The van der Waals surface area contributed by atoms with Gasteiger partial charge in [-0.25, -0.2) is 8.42 Å². The summed E-state index contributed by atoms with van der Waals surface area (Å²) in [5, 5.41) is 3.46. The van der Waals surface area contributed by atoms with Crippen LogP contribution in [0.4, 0.5) is 0 Å². The van der Waals surface area contributed by atoms with E-state index in [1.807, 2.05) is 13.0 Å². The average Bonchev–Trinajstić information content (AvgIpc) is 2.45. The van der Waals surface area contributed by atoms with Crippen LogP contribution in [0.2, 0.25) is 0 Å². The summed E-state index contributed by atoms with van der Waals surface area (Å²) in [6.45, 7) is 5.90. The maximum Gasteiger partial charge on any atom is 0.179 e. The highest BCUT2D eigenvalue weighted by Gasteiger charge is 2.37. The van der Waals surface area contributed by atoms with Crippen molar-refractivity contribution >= 4 is 9.84 Å². The first-order valence-corrected chi connectivity index (χ1v) is 9.08. The molecule has 0 radical (unpaired) electrons. The molecular formula is C15H21NO4S. The minimum Gasteiger partial charge on any atom is -0.486 e. The summed E-state index contributed by atoms with van der Waals surface area (Å²) in [4.78, 5) is 0.387. The van der Waals surface area contributed by atoms with Crippen LogP contribution in [0.1, 0.15) is 31.9 Å². The molecule has 0 saturated heterocycles. The van der Waals surface area contributed by atoms with E-state index in [0.717, 1.165) is 18.5 Å². The Morgan fingerprint density at radius 2 is 1.90 bits per heavy atom. The Morgan fingerprint density at radius 1 is 1.24 bits per heavy atom. The molecule has 21 heavy (non-hydrogen) atoms. The van der Waals surface area contributed by atoms with Gasteiger partial charge in [0.05, 0.1) is 10.6 Å². The van der Waals surface area contributed by atoms with E-state index in [-0.39, 0.29) is 17.7 Å². The van der Waals surface area contributed by atoms with Crippen molar-refractivity contribution in [2.45, 2.75) is 31.2 Å². The Morgan fingerprint density at radius 3 is 2.57 bits per heavy atom. The number of rotatable bonds is 3. The van der Waals surface area contributed by atoms with Crippen molar-refractivity contribution in [3.63, 3.8) is 0 Å². The van der Waals surface area contributed by atoms with Gasteiger partial charge in [-0.1, -0.05) is 13.8 Å². The number of hydrogen-bond donors (Lipinski definition) is 1. The molecule has 1 aromatic rings. The van der Waals surface area contributed by atoms with E-state index in [4.69, 9.17) is 9.47 Å². The summed E-state index contributed by atoms with van der Waals surface area (Å²) < 4.78 is 36.0. The minimum absolute atomic E-state index is 0.0385. The topological polar surface area (TPSA) is 64.6 Å². The highest BCUT2D eigenvalue weighted by molar-refractivity contribution is 7.91. The van der Waals surface area contributed by atoms with E-state index in [2.05, 4.69) is 12.2 Å². The Hall–Kier alpha value is -1.27. The molecular weight excluding hydrogens is 290 g/mol. The standard InChI is InChI=1S/C15H21NO4S/c1-3-4-16-15-10(2)9-21(17,18)14-8-13-12(7-11(14)15)19-5-6-20-13/h7-8,10,15-16H,3-6,9H2,1-2H3. The number of hydrogen-bond acceptors (Lipinski definition) is 5. The summed E-state index contributed by atoms with van der Waals surface area (Å²) in [6.07, 6.45) is 1.01. The number of nitrogens with one attached hydrogen (secondary N) is 1. The zero-order chi connectivity index (χ0) is 15.0. The van der Waals surface area contributed by atoms with Crippen LogP contribution in [0.5, 0.6) is 11.5 Å². The molecule has 116 valence electrons. The van der Waals surface area contributed by atoms with Gasteiger partial charge in [0.2, 0.25) is 0 Å². The third-order valence-electron chi connectivity index (χ3n) is 4.01. The fraction of sp³-hybridized carbons (Fsp3) is 0.600. The molecule has 2 atom stereocenters. The van der Waals surface area contributed by atoms with Crippen molar-refractivity contribution in [1.29, 1.82) is 0 Å².